The summed E-state index contributed by atoms with van der Waals surface area (Å²) in [4.78, 5) is 153. The molecule has 0 bridgehead atoms. The van der Waals surface area contributed by atoms with Crippen molar-refractivity contribution in [2.75, 3.05) is 153 Å². The third-order valence-corrected chi connectivity index (χ3v) is 20.0. The number of hydroxylamine groups is 4. The Morgan fingerprint density at radius 1 is 0.352 bits per heavy atom. The Hall–Kier alpha value is -16.0. The van der Waals surface area contributed by atoms with Gasteiger partial charge in [0.2, 0.25) is 0 Å². The van der Waals surface area contributed by atoms with Gasteiger partial charge < -0.3 is 69.9 Å². The van der Waals surface area contributed by atoms with Crippen LogP contribution in [-0.4, -0.2) is 220 Å². The molecule has 4 aliphatic rings. The zero-order chi connectivity index (χ0) is 90.1. The van der Waals surface area contributed by atoms with Gasteiger partial charge in [-0.2, -0.15) is 0 Å². The predicted molar refractivity (Wildman–Crippen MR) is 449 cm³/mol. The number of carbonyl (C=O) groups is 8. The van der Waals surface area contributed by atoms with Crippen LogP contribution >= 0.6 is 0 Å². The maximum Gasteiger partial charge on any atom is 0.321 e. The van der Waals surface area contributed by atoms with E-state index in [-0.39, 0.29) is 101 Å². The number of amides is 12. The summed E-state index contributed by atoms with van der Waals surface area (Å²) in [5, 5.41) is 91.6. The molecular weight excluding hydrogens is 1640 g/mol. The summed E-state index contributed by atoms with van der Waals surface area (Å²) in [5.41, 5.74) is 10.3. The number of nitro groups is 4. The summed E-state index contributed by atoms with van der Waals surface area (Å²) in [6.45, 7) is 9.59. The van der Waals surface area contributed by atoms with Crippen molar-refractivity contribution in [1.82, 2.24) is 41.5 Å². The van der Waals surface area contributed by atoms with Crippen molar-refractivity contribution in [3.8, 4) is 17.2 Å². The minimum atomic E-state index is -1.08. The van der Waals surface area contributed by atoms with Crippen LogP contribution in [0.3, 0.4) is 0 Å². The monoisotopic (exact) mass is 1730 g/mol. The number of hydrogen-bond acceptors (Lipinski definition) is 26. The molecule has 4 saturated heterocycles. The highest BCUT2D eigenvalue weighted by molar-refractivity contribution is 6.01. The number of hydrogen-bond donors (Lipinski definition) is 12. The van der Waals surface area contributed by atoms with Gasteiger partial charge in [0.15, 0.2) is 11.6 Å². The van der Waals surface area contributed by atoms with Gasteiger partial charge >= 0.3 is 24.1 Å². The van der Waals surface area contributed by atoms with Crippen LogP contribution in [0, 0.1) is 65.9 Å². The van der Waals surface area contributed by atoms with Gasteiger partial charge in [0.25, 0.3) is 46.4 Å². The van der Waals surface area contributed by atoms with Crippen LogP contribution < -0.4 is 72.3 Å². The zero-order valence-electron chi connectivity index (χ0n) is 67.0. The van der Waals surface area contributed by atoms with Crippen molar-refractivity contribution in [3.05, 3.63) is 274 Å². The van der Waals surface area contributed by atoms with Gasteiger partial charge in [-0.25, -0.2) is 49.9 Å². The molecule has 12 amide bonds. The topological polar surface area (TPSA) is 531 Å². The quantitative estimate of drug-likeness (QED) is 0.0203. The standard InChI is InChI=1S/C24H23N5O6.C20H23N5O5.C19H21N5O6.C18H17F2N5O5/c30-23(26-32)21-16-18(29(33)34)8-11-22(21)27-12-14-28(15-13-27)24(31)25-17-6-9-20(10-7-17)35-19-4-2-1-3-5-19;1-13-3-5-16(14(2)11-13)21-20(27)24-9-7-23(8-10-24)17-6-4-15(19(26)22-28)12-18(17)25(29)30;1-30-15-4-2-3-14(12-15)20-19(26)23-9-7-22(8-10-23)16-6-5-13(18(25)21-27)11-17(16)24(28)29;19-13-3-2-12(10-14(13)20)21-18(27)24-7-5-23(6-8-24)15-4-1-11(17(26)22-28)9-16(15)25(29)30/h1-11,16,32H,12-15H2,(H,25,31)(H,26,30);3-6,11-12,28H,7-10H2,1-2H3,(H,21,27)(H,22,26);2-6,11-12,27H,7-10H2,1H3,(H,20,26)(H,21,25);1-4,9-10,28H,5-8H2,(H,21,27)(H,22,26). The number of nitrogens with zero attached hydrogens (tertiary/aromatic N) is 12. The first kappa shape index (κ1) is 91.3. The Kier molecular flexibility index (Phi) is 31.3. The maximum atomic E-state index is 13.3. The lowest BCUT2D eigenvalue weighted by molar-refractivity contribution is -0.384. The zero-order valence-corrected chi connectivity index (χ0v) is 67.0. The minimum Gasteiger partial charge on any atom is -0.497 e. The molecule has 0 saturated carbocycles. The predicted octanol–water partition coefficient (Wildman–Crippen LogP) is 11.0. The van der Waals surface area contributed by atoms with Crippen molar-refractivity contribution in [3.63, 3.8) is 0 Å². The third-order valence-electron chi connectivity index (χ3n) is 20.0. The second kappa shape index (κ2) is 42.8. The van der Waals surface area contributed by atoms with Gasteiger partial charge in [-0.15, -0.1) is 0 Å². The molecule has 4 aliphatic heterocycles. The Morgan fingerprint density at radius 2 is 0.728 bits per heavy atom. The van der Waals surface area contributed by atoms with E-state index in [0.29, 0.717) is 118 Å². The number of nitrogens with one attached hydrogen (secondary N) is 8. The largest absolute Gasteiger partial charge is 0.497 e. The van der Waals surface area contributed by atoms with Crippen molar-refractivity contribution >= 4 is 116 Å². The highest BCUT2D eigenvalue weighted by Crippen LogP contribution is 2.35. The number of carbonyl (C=O) groups excluding carboxylic acids is 8. The number of rotatable bonds is 19. The van der Waals surface area contributed by atoms with Gasteiger partial charge in [0, 0.05) is 187 Å². The van der Waals surface area contributed by atoms with Crippen molar-refractivity contribution < 1.29 is 97.1 Å². The molecule has 9 aromatic rings. The molecule has 4 fully saturated rings. The highest BCUT2D eigenvalue weighted by atomic mass is 19.2. The van der Waals surface area contributed by atoms with Crippen LogP contribution in [0.2, 0.25) is 0 Å². The smallest absolute Gasteiger partial charge is 0.321 e. The van der Waals surface area contributed by atoms with E-state index in [9.17, 15) is 87.6 Å². The summed E-state index contributed by atoms with van der Waals surface area (Å²) in [6.07, 6.45) is 0. The number of methoxy groups -OCH3 is 1. The van der Waals surface area contributed by atoms with Crippen molar-refractivity contribution in [2.45, 2.75) is 13.8 Å². The van der Waals surface area contributed by atoms with E-state index in [2.05, 4.69) is 21.3 Å². The molecule has 0 spiro atoms. The summed E-state index contributed by atoms with van der Waals surface area (Å²) in [5.74, 6) is -3.48. The van der Waals surface area contributed by atoms with Gasteiger partial charge in [0.1, 0.15) is 34.3 Å². The van der Waals surface area contributed by atoms with Crippen LogP contribution in [0.15, 0.2) is 188 Å². The second-order valence-corrected chi connectivity index (χ2v) is 27.8. The van der Waals surface area contributed by atoms with Gasteiger partial charge in [-0.3, -0.25) is 80.5 Å². The summed E-state index contributed by atoms with van der Waals surface area (Å²) >= 11 is 0. The fraction of sp³-hybridized carbons (Fsp3) is 0.235. The molecule has 0 aromatic heterocycles. The molecule has 4 heterocycles. The van der Waals surface area contributed by atoms with E-state index >= 15 is 0 Å². The summed E-state index contributed by atoms with van der Waals surface area (Å²) in [7, 11) is 1.54. The van der Waals surface area contributed by atoms with E-state index in [4.69, 9.17) is 30.3 Å². The molecule has 0 atom stereocenters. The van der Waals surface area contributed by atoms with Crippen LogP contribution in [0.25, 0.3) is 0 Å². The normalized spacial score (nSPS) is 13.5. The first-order valence-corrected chi connectivity index (χ1v) is 38.1. The molecule has 44 heteroatoms. The van der Waals surface area contributed by atoms with Crippen molar-refractivity contribution in [2.24, 2.45) is 0 Å². The summed E-state index contributed by atoms with van der Waals surface area (Å²) in [6, 6.07) is 46.7. The molecule has 0 aliphatic carbocycles. The lowest BCUT2D eigenvalue weighted by Gasteiger charge is -2.36. The van der Waals surface area contributed by atoms with E-state index in [0.717, 1.165) is 59.0 Å². The SMILES string of the molecule is COc1cccc(NC(=O)N2CCN(c3ccc(C(=O)NO)cc3[N+](=O)[O-])CC2)c1.Cc1ccc(NC(=O)N2CCN(c3ccc(C(=O)NO)cc3[N+](=O)[O-])CC2)c(C)c1.O=C(NO)c1cc([N+](=O)[O-])ccc1N1CCN(C(=O)Nc2ccc(Oc3ccccc3)cc2)CC1.O=C(NO)c1ccc(N2CCN(C(=O)Nc3ccc(F)c(F)c3)CC2)c([N+](=O)[O-])c1. The molecule has 13 rings (SSSR count). The number of urea groups is 4. The molecule has 125 heavy (non-hydrogen) atoms. The van der Waals surface area contributed by atoms with Crippen LogP contribution in [0.5, 0.6) is 17.2 Å². The molecule has 9 aromatic carbocycles. The van der Waals surface area contributed by atoms with Gasteiger partial charge in [-0.1, -0.05) is 42.0 Å². The molecule has 654 valence electrons. The van der Waals surface area contributed by atoms with Gasteiger partial charge in [0.05, 0.1) is 38.1 Å². The number of halogens is 2. The Labute approximate surface area is 709 Å². The van der Waals surface area contributed by atoms with E-state index < -0.39 is 61.0 Å². The molecule has 0 radical (unpaired) electrons. The van der Waals surface area contributed by atoms with Gasteiger partial charge in [-0.05, 0) is 129 Å². The molecule has 42 nitrogen and oxygen atoms in total. The number of para-hydroxylation sites is 1. The van der Waals surface area contributed by atoms with Crippen LogP contribution in [0.1, 0.15) is 52.6 Å². The third kappa shape index (κ3) is 24.2. The maximum absolute atomic E-state index is 13.3. The molecule has 0 unspecified atom stereocenters. The molecule has 12 N–H and O–H groups in total. The Balaban J connectivity index is 0.000000175. The fourth-order valence-electron chi connectivity index (χ4n) is 13.4. The van der Waals surface area contributed by atoms with E-state index in [1.54, 1.807) is 85.0 Å². The number of aryl methyl sites for hydroxylation is 2. The highest BCUT2D eigenvalue weighted by Gasteiger charge is 2.33. The number of nitro benzene ring substituents is 4. The number of anilines is 8. The van der Waals surface area contributed by atoms with Crippen molar-refractivity contribution in [1.29, 1.82) is 0 Å². The first-order valence-electron chi connectivity index (χ1n) is 38.1. The van der Waals surface area contributed by atoms with E-state index in [1.165, 1.54) is 81.4 Å². The number of benzene rings is 9. The number of piperazine rings is 4. The van der Waals surface area contributed by atoms with Crippen LogP contribution in [-0.2, 0) is 0 Å². The summed E-state index contributed by atoms with van der Waals surface area (Å²) < 4.78 is 37.2. The number of ether oxygens (including phenoxy) is 2. The Bertz CT molecular complexity index is 5480. The van der Waals surface area contributed by atoms with E-state index in [1.807, 2.05) is 67.3 Å². The second-order valence-electron chi connectivity index (χ2n) is 27.8. The lowest BCUT2D eigenvalue weighted by Crippen LogP contribution is -2.50. The molecular formula is C81H84F2N20O22. The minimum absolute atomic E-state index is 0.0144. The van der Waals surface area contributed by atoms with Crippen LogP contribution in [0.4, 0.5) is 96.2 Å². The number of non-ortho nitro benzene ring substituents is 1. The lowest BCUT2D eigenvalue weighted by atomic mass is 10.1. The first-order chi connectivity index (χ1) is 60.0. The fourth-order valence-corrected chi connectivity index (χ4v) is 13.4. The average Bonchev–Trinajstić information content (AvgIpc) is 0.813. The average molecular weight is 1730 g/mol. The Morgan fingerprint density at radius 3 is 1.12 bits per heavy atom.